The summed E-state index contributed by atoms with van der Waals surface area (Å²) in [4.78, 5) is 10.6. The van der Waals surface area contributed by atoms with Crippen LogP contribution in [-0.2, 0) is 11.2 Å². The summed E-state index contributed by atoms with van der Waals surface area (Å²) in [6, 6.07) is 0. The summed E-state index contributed by atoms with van der Waals surface area (Å²) < 4.78 is 18.5. The van der Waals surface area contributed by atoms with Gasteiger partial charge in [-0.25, -0.2) is 4.39 Å². The zero-order chi connectivity index (χ0) is 12.5. The molecule has 2 N–H and O–H groups in total. The van der Waals surface area contributed by atoms with Gasteiger partial charge in [0.05, 0.1) is 13.5 Å². The van der Waals surface area contributed by atoms with Crippen LogP contribution in [0.4, 0.5) is 4.39 Å². The smallest absolute Gasteiger partial charge is 0.307 e. The van der Waals surface area contributed by atoms with E-state index < -0.39 is 18.2 Å². The average Bonchev–Trinajstić information content (AvgIpc) is 2.22. The Hall–Kier alpha value is -1.78. The lowest BCUT2D eigenvalue weighted by Gasteiger charge is -2.14. The van der Waals surface area contributed by atoms with Crippen molar-refractivity contribution in [1.29, 1.82) is 0 Å². The molecule has 1 aromatic carbocycles. The lowest BCUT2D eigenvalue weighted by atomic mass is 9.99. The summed E-state index contributed by atoms with van der Waals surface area (Å²) in [5.74, 6) is -2.00. The molecule has 0 saturated carbocycles. The number of carboxylic acid groups (broad SMARTS) is 1. The number of hydrogen-bond donors (Lipinski definition) is 2. The fourth-order valence-electron chi connectivity index (χ4n) is 1.62. The van der Waals surface area contributed by atoms with Gasteiger partial charge in [-0.05, 0) is 19.4 Å². The molecule has 1 rings (SSSR count). The minimum absolute atomic E-state index is 0.0145. The molecule has 0 atom stereocenters. The van der Waals surface area contributed by atoms with Gasteiger partial charge >= 0.3 is 5.97 Å². The number of halogens is 1. The third-order valence-electron chi connectivity index (χ3n) is 2.48. The minimum atomic E-state index is -1.14. The molecule has 0 aliphatic carbocycles. The van der Waals surface area contributed by atoms with E-state index in [1.54, 1.807) is 0 Å². The highest BCUT2D eigenvalue weighted by Gasteiger charge is 2.21. The SMILES string of the molecule is COc1c(C)c(F)c(C)c(CC(=O)O)c1O. The molecule has 0 aliphatic rings. The van der Waals surface area contributed by atoms with E-state index in [2.05, 4.69) is 0 Å². The van der Waals surface area contributed by atoms with E-state index in [4.69, 9.17) is 9.84 Å². The number of methoxy groups -OCH3 is 1. The lowest BCUT2D eigenvalue weighted by molar-refractivity contribution is -0.136. The van der Waals surface area contributed by atoms with E-state index in [0.29, 0.717) is 0 Å². The summed E-state index contributed by atoms with van der Waals surface area (Å²) in [6.07, 6.45) is -0.439. The number of aliphatic carboxylic acids is 1. The summed E-state index contributed by atoms with van der Waals surface area (Å²) in [5, 5.41) is 18.4. The van der Waals surface area contributed by atoms with Gasteiger partial charge in [-0.2, -0.15) is 0 Å². The number of carbonyl (C=O) groups is 1. The molecule has 1 aromatic rings. The molecular formula is C11H13FO4. The Labute approximate surface area is 92.3 Å². The summed E-state index contributed by atoms with van der Waals surface area (Å²) in [7, 11) is 1.29. The molecule has 0 aliphatic heterocycles. The van der Waals surface area contributed by atoms with E-state index in [0.717, 1.165) is 0 Å². The molecule has 88 valence electrons. The van der Waals surface area contributed by atoms with Crippen LogP contribution in [0.1, 0.15) is 16.7 Å². The van der Waals surface area contributed by atoms with Crippen molar-refractivity contribution in [2.75, 3.05) is 7.11 Å². The normalized spacial score (nSPS) is 10.2. The largest absolute Gasteiger partial charge is 0.504 e. The predicted molar refractivity (Wildman–Crippen MR) is 55.4 cm³/mol. The Morgan fingerprint density at radius 3 is 2.38 bits per heavy atom. The highest BCUT2D eigenvalue weighted by molar-refractivity contribution is 5.73. The minimum Gasteiger partial charge on any atom is -0.504 e. The van der Waals surface area contributed by atoms with E-state index >= 15 is 0 Å². The molecule has 0 heterocycles. The number of carboxylic acids is 1. The van der Waals surface area contributed by atoms with Gasteiger partial charge < -0.3 is 14.9 Å². The Balaban J connectivity index is 3.48. The Kier molecular flexibility index (Phi) is 3.37. The number of aromatic hydroxyl groups is 1. The first kappa shape index (κ1) is 12.3. The maximum atomic E-state index is 13.7. The average molecular weight is 228 g/mol. The molecule has 0 saturated heterocycles. The van der Waals surface area contributed by atoms with Gasteiger partial charge in [0.15, 0.2) is 11.5 Å². The topological polar surface area (TPSA) is 66.8 Å². The molecule has 0 spiro atoms. The van der Waals surface area contributed by atoms with Crippen molar-refractivity contribution in [1.82, 2.24) is 0 Å². The standard InChI is InChI=1S/C11H13FO4/c1-5-7(4-8(13)14)10(15)11(16-3)6(2)9(5)12/h15H,4H2,1-3H3,(H,13,14). The van der Waals surface area contributed by atoms with Gasteiger partial charge in [0.1, 0.15) is 5.82 Å². The van der Waals surface area contributed by atoms with Crippen LogP contribution in [0.15, 0.2) is 0 Å². The van der Waals surface area contributed by atoms with Crippen LogP contribution in [-0.4, -0.2) is 23.3 Å². The second kappa shape index (κ2) is 4.38. The molecular weight excluding hydrogens is 215 g/mol. The van der Waals surface area contributed by atoms with Crippen LogP contribution < -0.4 is 4.74 Å². The number of hydrogen-bond acceptors (Lipinski definition) is 3. The molecule has 0 amide bonds. The molecule has 16 heavy (non-hydrogen) atoms. The van der Waals surface area contributed by atoms with Crippen molar-refractivity contribution in [2.24, 2.45) is 0 Å². The van der Waals surface area contributed by atoms with Crippen molar-refractivity contribution < 1.29 is 24.1 Å². The Morgan fingerprint density at radius 2 is 1.94 bits per heavy atom. The number of phenols is 1. The second-order valence-electron chi connectivity index (χ2n) is 3.49. The van der Waals surface area contributed by atoms with Gasteiger partial charge in [-0.1, -0.05) is 0 Å². The van der Waals surface area contributed by atoms with Crippen LogP contribution in [0, 0.1) is 19.7 Å². The van der Waals surface area contributed by atoms with Crippen molar-refractivity contribution >= 4 is 5.97 Å². The lowest BCUT2D eigenvalue weighted by Crippen LogP contribution is -2.06. The third kappa shape index (κ3) is 1.93. The maximum Gasteiger partial charge on any atom is 0.307 e. The van der Waals surface area contributed by atoms with Crippen molar-refractivity contribution in [3.63, 3.8) is 0 Å². The Bertz CT molecular complexity index is 440. The Morgan fingerprint density at radius 1 is 1.38 bits per heavy atom. The fourth-order valence-corrected chi connectivity index (χ4v) is 1.62. The number of benzene rings is 1. The van der Waals surface area contributed by atoms with Crippen LogP contribution in [0.3, 0.4) is 0 Å². The zero-order valence-corrected chi connectivity index (χ0v) is 9.30. The predicted octanol–water partition coefficient (Wildman–Crippen LogP) is 1.78. The van der Waals surface area contributed by atoms with E-state index in [-0.39, 0.29) is 28.2 Å². The number of ether oxygens (including phenoxy) is 1. The van der Waals surface area contributed by atoms with E-state index in [1.165, 1.54) is 21.0 Å². The van der Waals surface area contributed by atoms with Crippen molar-refractivity contribution in [2.45, 2.75) is 20.3 Å². The molecule has 0 radical (unpaired) electrons. The van der Waals surface area contributed by atoms with Crippen LogP contribution in [0.5, 0.6) is 11.5 Å². The summed E-state index contributed by atoms with van der Waals surface area (Å²) >= 11 is 0. The van der Waals surface area contributed by atoms with Crippen LogP contribution in [0.25, 0.3) is 0 Å². The van der Waals surface area contributed by atoms with Crippen LogP contribution >= 0.6 is 0 Å². The summed E-state index contributed by atoms with van der Waals surface area (Å²) in [5.41, 5.74) is 0.359. The first-order chi connectivity index (χ1) is 7.40. The van der Waals surface area contributed by atoms with Gasteiger partial charge in [0.2, 0.25) is 0 Å². The highest BCUT2D eigenvalue weighted by atomic mass is 19.1. The second-order valence-corrected chi connectivity index (χ2v) is 3.49. The number of rotatable bonds is 3. The molecule has 0 aromatic heterocycles. The molecule has 0 fully saturated rings. The molecule has 4 nitrogen and oxygen atoms in total. The van der Waals surface area contributed by atoms with Gasteiger partial charge in [0.25, 0.3) is 0 Å². The molecule has 0 bridgehead atoms. The quantitative estimate of drug-likeness (QED) is 0.827. The summed E-state index contributed by atoms with van der Waals surface area (Å²) in [6.45, 7) is 2.89. The van der Waals surface area contributed by atoms with Gasteiger partial charge in [-0.15, -0.1) is 0 Å². The first-order valence-corrected chi connectivity index (χ1v) is 4.66. The first-order valence-electron chi connectivity index (χ1n) is 4.66. The van der Waals surface area contributed by atoms with E-state index in [9.17, 15) is 14.3 Å². The van der Waals surface area contributed by atoms with Crippen LogP contribution in [0.2, 0.25) is 0 Å². The molecule has 5 heteroatoms. The monoisotopic (exact) mass is 228 g/mol. The van der Waals surface area contributed by atoms with E-state index in [1.807, 2.05) is 0 Å². The molecule has 0 unspecified atom stereocenters. The maximum absolute atomic E-state index is 13.7. The highest BCUT2D eigenvalue weighted by Crippen LogP contribution is 2.38. The number of phenolic OH excluding ortho intramolecular Hbond substituents is 1. The van der Waals surface area contributed by atoms with Crippen molar-refractivity contribution in [3.05, 3.63) is 22.5 Å². The van der Waals surface area contributed by atoms with Gasteiger partial charge in [-0.3, -0.25) is 4.79 Å². The third-order valence-corrected chi connectivity index (χ3v) is 2.48. The van der Waals surface area contributed by atoms with Crippen molar-refractivity contribution in [3.8, 4) is 11.5 Å². The fraction of sp³-hybridized carbons (Fsp3) is 0.364. The van der Waals surface area contributed by atoms with Gasteiger partial charge in [0, 0.05) is 11.1 Å². The zero-order valence-electron chi connectivity index (χ0n) is 9.30.